The monoisotopic (exact) mass is 926 g/mol. The predicted octanol–water partition coefficient (Wildman–Crippen LogP) is 19.4. The quantitative estimate of drug-likeness (QED) is 0.0755. The minimum Gasteiger partial charge on any atom is -0.243 e. The van der Waals surface area contributed by atoms with Gasteiger partial charge in [0.15, 0.2) is 0 Å². The molecule has 67 heavy (non-hydrogen) atoms. The Balaban J connectivity index is 1.18. The van der Waals surface area contributed by atoms with Crippen molar-refractivity contribution in [1.82, 2.24) is 9.97 Å². The number of benzene rings is 5. The lowest BCUT2D eigenvalue weighted by atomic mass is 9.70. The summed E-state index contributed by atoms with van der Waals surface area (Å²) >= 11 is 3.59. The van der Waals surface area contributed by atoms with E-state index >= 15 is 0 Å². The van der Waals surface area contributed by atoms with Crippen molar-refractivity contribution in [2.75, 3.05) is 0 Å². The predicted molar refractivity (Wildman–Crippen MR) is 284 cm³/mol. The van der Waals surface area contributed by atoms with Crippen molar-refractivity contribution >= 4 is 33.7 Å². The van der Waals surface area contributed by atoms with Gasteiger partial charge in [0.1, 0.15) is 11.6 Å². The fourth-order valence-corrected chi connectivity index (χ4v) is 12.8. The maximum absolute atomic E-state index is 14.4. The number of hydrogen-bond acceptors (Lipinski definition) is 4. The summed E-state index contributed by atoms with van der Waals surface area (Å²) in [6.45, 7) is 13.4. The summed E-state index contributed by atoms with van der Waals surface area (Å²) in [5.41, 5.74) is 17.3. The lowest BCUT2D eigenvalue weighted by molar-refractivity contribution is 0.398. The van der Waals surface area contributed by atoms with Crippen LogP contribution in [-0.2, 0) is 5.41 Å². The maximum atomic E-state index is 14.4. The Morgan fingerprint density at radius 2 is 0.896 bits per heavy atom. The molecule has 0 atom stereocenters. The average molecular weight is 927 g/mol. The average Bonchev–Trinajstić information content (AvgIpc) is 3.97. The van der Waals surface area contributed by atoms with Gasteiger partial charge in [0.05, 0.1) is 22.4 Å². The van der Waals surface area contributed by atoms with E-state index in [0.717, 1.165) is 43.0 Å². The Bertz CT molecular complexity index is 2980. The molecule has 8 aromatic rings. The van der Waals surface area contributed by atoms with E-state index in [1.807, 2.05) is 11.3 Å². The van der Waals surface area contributed by atoms with Crippen LogP contribution in [0.25, 0.3) is 76.0 Å². The SMILES string of the molecule is CCCCCCCCC1(CCCCCCCC)c2cc(C)ccc2-c2ccc(-c3sc(-c4ccc(-c5cc(C)c(C)s5)c5nc(-c6ccc(F)cc6)c(-c6ccc(F)cc6)nc45)cc3C)cc21. The van der Waals surface area contributed by atoms with Gasteiger partial charge in [-0.05, 0) is 146 Å². The summed E-state index contributed by atoms with van der Waals surface area (Å²) in [4.78, 5) is 15.8. The second kappa shape index (κ2) is 20.5. The molecule has 1 aliphatic carbocycles. The van der Waals surface area contributed by atoms with Gasteiger partial charge in [-0.25, -0.2) is 18.7 Å². The van der Waals surface area contributed by atoms with Gasteiger partial charge in [-0.3, -0.25) is 0 Å². The molecule has 0 aliphatic heterocycles. The summed E-state index contributed by atoms with van der Waals surface area (Å²) in [5.74, 6) is -0.636. The van der Waals surface area contributed by atoms with E-state index in [1.165, 1.54) is 163 Å². The molecular weight excluding hydrogens is 863 g/mol. The summed E-state index contributed by atoms with van der Waals surface area (Å²) in [6, 6.07) is 36.4. The molecule has 0 radical (unpaired) electrons. The largest absolute Gasteiger partial charge is 0.243 e. The number of nitrogens with zero attached hydrogens (tertiary/aromatic N) is 2. The first-order valence-electron chi connectivity index (χ1n) is 24.9. The summed E-state index contributed by atoms with van der Waals surface area (Å²) < 4.78 is 28.7. The van der Waals surface area contributed by atoms with Crippen LogP contribution in [0.3, 0.4) is 0 Å². The van der Waals surface area contributed by atoms with Gasteiger partial charge in [0.2, 0.25) is 0 Å². The van der Waals surface area contributed by atoms with Crippen molar-refractivity contribution in [2.45, 2.75) is 137 Å². The number of fused-ring (bicyclic) bond motifs is 4. The van der Waals surface area contributed by atoms with Crippen LogP contribution < -0.4 is 0 Å². The molecule has 2 nitrogen and oxygen atoms in total. The summed E-state index contributed by atoms with van der Waals surface area (Å²) in [5, 5.41) is 0. The number of aromatic nitrogens is 2. The highest BCUT2D eigenvalue weighted by Crippen LogP contribution is 2.56. The molecule has 0 N–H and O–H groups in total. The van der Waals surface area contributed by atoms with Crippen LogP contribution in [0.15, 0.2) is 109 Å². The molecule has 0 saturated heterocycles. The molecule has 0 unspecified atom stereocenters. The third kappa shape index (κ3) is 9.59. The third-order valence-electron chi connectivity index (χ3n) is 14.4. The number of halogens is 2. The first-order chi connectivity index (χ1) is 32.6. The van der Waals surface area contributed by atoms with Gasteiger partial charge in [-0.15, -0.1) is 22.7 Å². The van der Waals surface area contributed by atoms with Gasteiger partial charge in [-0.2, -0.15) is 0 Å². The van der Waals surface area contributed by atoms with Gasteiger partial charge >= 0.3 is 0 Å². The molecule has 9 rings (SSSR count). The van der Waals surface area contributed by atoms with Gasteiger partial charge in [0, 0.05) is 47.2 Å². The first-order valence-corrected chi connectivity index (χ1v) is 26.5. The van der Waals surface area contributed by atoms with Crippen LogP contribution >= 0.6 is 22.7 Å². The Kier molecular flexibility index (Phi) is 14.3. The Labute approximate surface area is 405 Å². The van der Waals surface area contributed by atoms with E-state index in [4.69, 9.17) is 9.97 Å². The van der Waals surface area contributed by atoms with Gasteiger partial charge < -0.3 is 0 Å². The van der Waals surface area contributed by atoms with Crippen LogP contribution in [-0.4, -0.2) is 9.97 Å². The molecule has 3 heterocycles. The number of thiophene rings is 2. The van der Waals surface area contributed by atoms with Crippen LogP contribution in [0.1, 0.15) is 136 Å². The van der Waals surface area contributed by atoms with Crippen LogP contribution in [0.5, 0.6) is 0 Å². The van der Waals surface area contributed by atoms with E-state index in [-0.39, 0.29) is 17.0 Å². The number of aryl methyl sites for hydroxylation is 4. The van der Waals surface area contributed by atoms with Crippen LogP contribution in [0, 0.1) is 39.3 Å². The number of hydrogen-bond donors (Lipinski definition) is 0. The zero-order valence-electron chi connectivity index (χ0n) is 40.3. The van der Waals surface area contributed by atoms with Crippen LogP contribution in [0.4, 0.5) is 8.78 Å². The van der Waals surface area contributed by atoms with Crippen molar-refractivity contribution in [2.24, 2.45) is 0 Å². The van der Waals surface area contributed by atoms with Gasteiger partial charge in [0.25, 0.3) is 0 Å². The molecule has 0 amide bonds. The summed E-state index contributed by atoms with van der Waals surface area (Å²) in [7, 11) is 0. The molecule has 0 bridgehead atoms. The normalized spacial score (nSPS) is 12.8. The molecular formula is C61H64F2N2S2. The Morgan fingerprint density at radius 3 is 1.42 bits per heavy atom. The van der Waals surface area contributed by atoms with E-state index in [9.17, 15) is 8.78 Å². The summed E-state index contributed by atoms with van der Waals surface area (Å²) in [6.07, 6.45) is 17.9. The Hall–Kier alpha value is -5.30. The fourth-order valence-electron chi connectivity index (χ4n) is 10.6. The van der Waals surface area contributed by atoms with Crippen molar-refractivity contribution in [3.63, 3.8) is 0 Å². The molecule has 5 aromatic carbocycles. The highest BCUT2D eigenvalue weighted by atomic mass is 32.1. The number of unbranched alkanes of at least 4 members (excludes halogenated alkanes) is 10. The smallest absolute Gasteiger partial charge is 0.123 e. The molecule has 344 valence electrons. The minimum absolute atomic E-state index is 0.00465. The van der Waals surface area contributed by atoms with Gasteiger partial charge in [-0.1, -0.05) is 139 Å². The molecule has 1 aliphatic rings. The lowest BCUT2D eigenvalue weighted by Crippen LogP contribution is -2.25. The molecule has 0 fully saturated rings. The maximum Gasteiger partial charge on any atom is 0.123 e. The van der Waals surface area contributed by atoms with E-state index < -0.39 is 0 Å². The van der Waals surface area contributed by atoms with Crippen molar-refractivity contribution in [3.8, 4) is 65.0 Å². The topological polar surface area (TPSA) is 25.8 Å². The van der Waals surface area contributed by atoms with Crippen LogP contribution in [0.2, 0.25) is 0 Å². The second-order valence-electron chi connectivity index (χ2n) is 19.2. The van der Waals surface area contributed by atoms with E-state index in [1.54, 1.807) is 41.2 Å². The molecule has 3 aromatic heterocycles. The Morgan fingerprint density at radius 1 is 0.448 bits per heavy atom. The lowest BCUT2D eigenvalue weighted by Gasteiger charge is -2.33. The highest BCUT2D eigenvalue weighted by molar-refractivity contribution is 7.19. The third-order valence-corrected chi connectivity index (χ3v) is 16.9. The minimum atomic E-state index is -0.318. The van der Waals surface area contributed by atoms with E-state index in [0.29, 0.717) is 11.4 Å². The van der Waals surface area contributed by atoms with Crippen molar-refractivity contribution < 1.29 is 8.78 Å². The highest BCUT2D eigenvalue weighted by Gasteiger charge is 2.42. The molecule has 0 saturated carbocycles. The molecule has 0 spiro atoms. The van der Waals surface area contributed by atoms with Crippen molar-refractivity contribution in [3.05, 3.63) is 154 Å². The van der Waals surface area contributed by atoms with Crippen molar-refractivity contribution in [1.29, 1.82) is 0 Å². The van der Waals surface area contributed by atoms with E-state index in [2.05, 4.69) is 102 Å². The number of rotatable bonds is 19. The fraction of sp³-hybridized carbons (Fsp3) is 0.344. The first kappa shape index (κ1) is 46.8. The second-order valence-corrected chi connectivity index (χ2v) is 21.5. The zero-order valence-corrected chi connectivity index (χ0v) is 41.9. The molecule has 6 heteroatoms. The zero-order chi connectivity index (χ0) is 46.7. The standard InChI is InChI=1S/C61H64F2N2S2/c1-7-9-11-13-15-17-33-61(34-18-16-14-12-10-8-2)52-35-39(3)19-29-48(52)49-30-24-45(38-53(49)61)60-41(5)37-55(67-60)51-32-31-50(54-36-40(4)42(6)66-54)58-59(51)65-57(44-22-27-47(63)28-23-44)56(64-58)43-20-25-46(62)26-21-43/h19-32,35-38H,7-18,33-34H2,1-6H3.